The van der Waals surface area contributed by atoms with Gasteiger partial charge in [0, 0.05) is 30.9 Å². The number of methoxy groups -OCH3 is 1. The van der Waals surface area contributed by atoms with Crippen LogP contribution >= 0.6 is 0 Å². The molecule has 4 rings (SSSR count). The molecule has 0 spiro atoms. The number of ether oxygens (including phenoxy) is 1. The van der Waals surface area contributed by atoms with Crippen molar-refractivity contribution in [3.8, 4) is 16.9 Å². The van der Waals surface area contributed by atoms with Gasteiger partial charge in [0.05, 0.1) is 7.11 Å². The Labute approximate surface area is 172 Å². The predicted molar refractivity (Wildman–Crippen MR) is 120 cm³/mol. The van der Waals surface area contributed by atoms with Gasteiger partial charge in [-0.2, -0.15) is 0 Å². The minimum atomic E-state index is 0.804. The molecule has 0 radical (unpaired) electrons. The van der Waals surface area contributed by atoms with Crippen molar-refractivity contribution >= 4 is 10.8 Å². The smallest absolute Gasteiger partial charge is 0.121 e. The van der Waals surface area contributed by atoms with Crippen molar-refractivity contribution in [2.24, 2.45) is 0 Å². The number of nitrogens with one attached hydrogen (secondary N) is 1. The van der Waals surface area contributed by atoms with Gasteiger partial charge in [-0.15, -0.1) is 0 Å². The van der Waals surface area contributed by atoms with Gasteiger partial charge in [0.1, 0.15) is 5.75 Å². The quantitative estimate of drug-likeness (QED) is 0.456. The van der Waals surface area contributed by atoms with Crippen molar-refractivity contribution in [2.45, 2.75) is 26.9 Å². The Morgan fingerprint density at radius 3 is 2.59 bits per heavy atom. The normalized spacial score (nSPS) is 11.0. The molecule has 3 aromatic carbocycles. The summed E-state index contributed by atoms with van der Waals surface area (Å²) in [6.07, 6.45) is 3.84. The number of pyridine rings is 1. The summed E-state index contributed by atoms with van der Waals surface area (Å²) in [6.45, 7) is 5.86. The van der Waals surface area contributed by atoms with Gasteiger partial charge < -0.3 is 10.1 Å². The summed E-state index contributed by atoms with van der Waals surface area (Å²) in [5, 5.41) is 5.99. The van der Waals surface area contributed by atoms with Crippen LogP contribution in [0.1, 0.15) is 22.3 Å². The van der Waals surface area contributed by atoms with Crippen LogP contribution < -0.4 is 10.1 Å². The SMILES string of the molecule is COc1ccc(-c2ccc(CNCc3cccc(C)c3)c3cnccc23)cc1C. The number of benzene rings is 3. The van der Waals surface area contributed by atoms with Crippen molar-refractivity contribution in [2.75, 3.05) is 7.11 Å². The van der Waals surface area contributed by atoms with Crippen molar-refractivity contribution in [3.63, 3.8) is 0 Å². The largest absolute Gasteiger partial charge is 0.496 e. The van der Waals surface area contributed by atoms with Gasteiger partial charge >= 0.3 is 0 Å². The third kappa shape index (κ3) is 4.15. The van der Waals surface area contributed by atoms with Crippen molar-refractivity contribution in [3.05, 3.63) is 95.3 Å². The standard InChI is InChI=1S/C26H26N2O/c1-18-5-4-6-20(13-18)15-28-16-22-7-9-23(24-11-12-27-17-25(22)24)21-8-10-26(29-3)19(2)14-21/h4-14,17,28H,15-16H2,1-3H3. The highest BCUT2D eigenvalue weighted by molar-refractivity contribution is 5.98. The lowest BCUT2D eigenvalue weighted by Crippen LogP contribution is -2.13. The van der Waals surface area contributed by atoms with Crippen LogP contribution in [-0.2, 0) is 13.1 Å². The second kappa shape index (κ2) is 8.46. The molecular weight excluding hydrogens is 356 g/mol. The van der Waals surface area contributed by atoms with Gasteiger partial charge in [0.15, 0.2) is 0 Å². The molecule has 146 valence electrons. The third-order valence-corrected chi connectivity index (χ3v) is 5.34. The van der Waals surface area contributed by atoms with E-state index in [2.05, 4.69) is 78.7 Å². The average Bonchev–Trinajstić information content (AvgIpc) is 2.74. The number of hydrogen-bond donors (Lipinski definition) is 1. The lowest BCUT2D eigenvalue weighted by Gasteiger charge is -2.13. The molecule has 3 heteroatoms. The molecule has 0 unspecified atom stereocenters. The summed E-state index contributed by atoms with van der Waals surface area (Å²) in [4.78, 5) is 4.38. The van der Waals surface area contributed by atoms with E-state index in [0.717, 1.165) is 24.4 Å². The Balaban J connectivity index is 1.62. The summed E-state index contributed by atoms with van der Waals surface area (Å²) in [5.41, 5.74) is 7.40. The van der Waals surface area contributed by atoms with E-state index >= 15 is 0 Å². The molecule has 0 fully saturated rings. The molecule has 29 heavy (non-hydrogen) atoms. The molecule has 0 aliphatic carbocycles. The third-order valence-electron chi connectivity index (χ3n) is 5.34. The fourth-order valence-corrected chi connectivity index (χ4v) is 3.86. The first-order valence-corrected chi connectivity index (χ1v) is 9.92. The average molecular weight is 383 g/mol. The highest BCUT2D eigenvalue weighted by atomic mass is 16.5. The van der Waals surface area contributed by atoms with Crippen LogP contribution in [0.2, 0.25) is 0 Å². The number of fused-ring (bicyclic) bond motifs is 1. The number of aryl methyl sites for hydroxylation is 2. The molecule has 0 bridgehead atoms. The Morgan fingerprint density at radius 2 is 1.79 bits per heavy atom. The zero-order valence-electron chi connectivity index (χ0n) is 17.2. The van der Waals surface area contributed by atoms with Gasteiger partial charge in [0.2, 0.25) is 0 Å². The van der Waals surface area contributed by atoms with E-state index in [1.165, 1.54) is 38.6 Å². The summed E-state index contributed by atoms with van der Waals surface area (Å²) < 4.78 is 5.41. The molecule has 1 heterocycles. The van der Waals surface area contributed by atoms with Crippen LogP contribution in [0.4, 0.5) is 0 Å². The number of aromatic nitrogens is 1. The Kier molecular flexibility index (Phi) is 5.59. The van der Waals surface area contributed by atoms with E-state index in [4.69, 9.17) is 4.74 Å². The van der Waals surface area contributed by atoms with E-state index < -0.39 is 0 Å². The van der Waals surface area contributed by atoms with Crippen LogP contribution in [-0.4, -0.2) is 12.1 Å². The first-order chi connectivity index (χ1) is 14.2. The van der Waals surface area contributed by atoms with E-state index in [1.807, 2.05) is 18.5 Å². The van der Waals surface area contributed by atoms with Crippen LogP contribution in [0.15, 0.2) is 73.1 Å². The molecule has 4 aromatic rings. The molecule has 0 aliphatic rings. The Morgan fingerprint density at radius 1 is 0.897 bits per heavy atom. The monoisotopic (exact) mass is 382 g/mol. The molecule has 0 aliphatic heterocycles. The van der Waals surface area contributed by atoms with Crippen LogP contribution in [0.3, 0.4) is 0 Å². The highest BCUT2D eigenvalue weighted by Crippen LogP contribution is 2.33. The summed E-state index contributed by atoms with van der Waals surface area (Å²) in [5.74, 6) is 0.914. The molecule has 1 N–H and O–H groups in total. The van der Waals surface area contributed by atoms with Gasteiger partial charge in [0.25, 0.3) is 0 Å². The van der Waals surface area contributed by atoms with E-state index in [-0.39, 0.29) is 0 Å². The van der Waals surface area contributed by atoms with E-state index in [0.29, 0.717) is 0 Å². The molecule has 0 saturated carbocycles. The van der Waals surface area contributed by atoms with E-state index in [9.17, 15) is 0 Å². The number of nitrogens with zero attached hydrogens (tertiary/aromatic N) is 1. The summed E-state index contributed by atoms with van der Waals surface area (Å²) in [7, 11) is 1.71. The van der Waals surface area contributed by atoms with Gasteiger partial charge in [-0.25, -0.2) is 0 Å². The molecular formula is C26H26N2O. The maximum atomic E-state index is 5.41. The van der Waals surface area contributed by atoms with Crippen LogP contribution in [0, 0.1) is 13.8 Å². The minimum absolute atomic E-state index is 0.804. The molecule has 0 saturated heterocycles. The van der Waals surface area contributed by atoms with Crippen molar-refractivity contribution in [1.29, 1.82) is 0 Å². The lowest BCUT2D eigenvalue weighted by molar-refractivity contribution is 0.412. The zero-order valence-corrected chi connectivity index (χ0v) is 17.2. The molecule has 3 nitrogen and oxygen atoms in total. The minimum Gasteiger partial charge on any atom is -0.496 e. The van der Waals surface area contributed by atoms with Gasteiger partial charge in [-0.3, -0.25) is 4.98 Å². The van der Waals surface area contributed by atoms with E-state index in [1.54, 1.807) is 7.11 Å². The summed E-state index contributed by atoms with van der Waals surface area (Å²) in [6, 6.07) is 21.5. The van der Waals surface area contributed by atoms with Gasteiger partial charge in [-0.05, 0) is 65.3 Å². The maximum absolute atomic E-state index is 5.41. The maximum Gasteiger partial charge on any atom is 0.121 e. The number of hydrogen-bond acceptors (Lipinski definition) is 3. The first-order valence-electron chi connectivity index (χ1n) is 9.92. The second-order valence-corrected chi connectivity index (χ2v) is 7.47. The Bertz CT molecular complexity index is 1150. The molecule has 0 amide bonds. The fourth-order valence-electron chi connectivity index (χ4n) is 3.86. The number of rotatable bonds is 6. The van der Waals surface area contributed by atoms with Crippen molar-refractivity contribution in [1.82, 2.24) is 10.3 Å². The molecule has 1 aromatic heterocycles. The topological polar surface area (TPSA) is 34.1 Å². The Hall–Kier alpha value is -3.17. The zero-order chi connectivity index (χ0) is 20.2. The van der Waals surface area contributed by atoms with Crippen molar-refractivity contribution < 1.29 is 4.74 Å². The first kappa shape index (κ1) is 19.2. The second-order valence-electron chi connectivity index (χ2n) is 7.47. The molecule has 0 atom stereocenters. The fraction of sp³-hybridized carbons (Fsp3) is 0.192. The van der Waals surface area contributed by atoms with Gasteiger partial charge in [-0.1, -0.05) is 48.0 Å². The summed E-state index contributed by atoms with van der Waals surface area (Å²) >= 11 is 0. The predicted octanol–water partition coefficient (Wildman–Crippen LogP) is 5.82. The van der Waals surface area contributed by atoms with Crippen LogP contribution in [0.25, 0.3) is 21.9 Å². The lowest BCUT2D eigenvalue weighted by atomic mass is 9.95. The van der Waals surface area contributed by atoms with Crippen LogP contribution in [0.5, 0.6) is 5.75 Å². The highest BCUT2D eigenvalue weighted by Gasteiger charge is 2.09.